The summed E-state index contributed by atoms with van der Waals surface area (Å²) in [4.78, 5) is 10.8. The van der Waals surface area contributed by atoms with Crippen LogP contribution in [0, 0.1) is 5.82 Å². The summed E-state index contributed by atoms with van der Waals surface area (Å²) in [6.07, 6.45) is 0.736. The summed E-state index contributed by atoms with van der Waals surface area (Å²) in [7, 11) is -2.55. The Morgan fingerprint density at radius 1 is 1.35 bits per heavy atom. The third kappa shape index (κ3) is 4.11. The number of halogens is 1. The molecule has 0 saturated heterocycles. The highest BCUT2D eigenvalue weighted by Gasteiger charge is 2.28. The van der Waals surface area contributed by atoms with Gasteiger partial charge in [0, 0.05) is 20.1 Å². The highest BCUT2D eigenvalue weighted by atomic mass is 32.2. The molecule has 0 unspecified atom stereocenters. The van der Waals surface area contributed by atoms with E-state index < -0.39 is 21.8 Å². The number of hydrogen-bond acceptors (Lipinski definition) is 5. The molecule has 10 heteroatoms. The molecular formula is C13H15FN4O4S. The summed E-state index contributed by atoms with van der Waals surface area (Å²) in [6, 6.07) is 5.31. The highest BCUT2D eigenvalue weighted by molar-refractivity contribution is 7.89. The first-order chi connectivity index (χ1) is 10.8. The number of hydrogen-bond donors (Lipinski definition) is 1. The molecule has 0 aliphatic carbocycles. The van der Waals surface area contributed by atoms with Gasteiger partial charge >= 0.3 is 5.97 Å². The molecule has 0 saturated carbocycles. The molecule has 0 aliphatic heterocycles. The second-order valence-electron chi connectivity index (χ2n) is 4.80. The van der Waals surface area contributed by atoms with Crippen LogP contribution < -0.4 is 0 Å². The van der Waals surface area contributed by atoms with E-state index in [1.807, 2.05) is 0 Å². The van der Waals surface area contributed by atoms with Crippen LogP contribution in [0.3, 0.4) is 0 Å². The van der Waals surface area contributed by atoms with Crippen molar-refractivity contribution in [2.75, 3.05) is 6.54 Å². The molecule has 1 heterocycles. The summed E-state index contributed by atoms with van der Waals surface area (Å²) in [5.41, 5.74) is 0.537. The number of aliphatic carboxylic acids is 1. The normalized spacial score (nSPS) is 11.8. The maximum absolute atomic E-state index is 13.0. The fraction of sp³-hybridized carbons (Fsp3) is 0.308. The summed E-state index contributed by atoms with van der Waals surface area (Å²) in [6.45, 7) is -0.304. The Morgan fingerprint density at radius 3 is 2.52 bits per heavy atom. The van der Waals surface area contributed by atoms with Crippen molar-refractivity contribution in [1.29, 1.82) is 0 Å². The van der Waals surface area contributed by atoms with Crippen LogP contribution in [-0.4, -0.2) is 45.3 Å². The van der Waals surface area contributed by atoms with Crippen LogP contribution >= 0.6 is 0 Å². The third-order valence-corrected chi connectivity index (χ3v) is 5.01. The molecule has 1 N–H and O–H groups in total. The maximum atomic E-state index is 13.0. The summed E-state index contributed by atoms with van der Waals surface area (Å²) in [5, 5.41) is 15.8. The number of aromatic nitrogens is 3. The number of carbonyl (C=O) groups is 1. The Kier molecular flexibility index (Phi) is 5.06. The van der Waals surface area contributed by atoms with Crippen LogP contribution in [0.5, 0.6) is 0 Å². The summed E-state index contributed by atoms with van der Waals surface area (Å²) >= 11 is 0. The van der Waals surface area contributed by atoms with Crippen molar-refractivity contribution in [2.45, 2.75) is 18.0 Å². The van der Waals surface area contributed by atoms with Crippen LogP contribution in [0.1, 0.15) is 12.0 Å². The van der Waals surface area contributed by atoms with E-state index >= 15 is 0 Å². The molecule has 0 atom stereocenters. The maximum Gasteiger partial charge on any atom is 0.304 e. The van der Waals surface area contributed by atoms with E-state index in [1.54, 1.807) is 0 Å². The lowest BCUT2D eigenvalue weighted by molar-refractivity contribution is -0.137. The molecule has 23 heavy (non-hydrogen) atoms. The molecule has 1 aromatic heterocycles. The van der Waals surface area contributed by atoms with Gasteiger partial charge in [0.2, 0.25) is 0 Å². The number of aryl methyl sites for hydroxylation is 1. The first-order valence-corrected chi connectivity index (χ1v) is 8.06. The number of sulfonamides is 1. The molecule has 2 rings (SSSR count). The lowest BCUT2D eigenvalue weighted by atomic mass is 10.2. The molecule has 124 valence electrons. The molecule has 0 fully saturated rings. The van der Waals surface area contributed by atoms with E-state index in [9.17, 15) is 17.6 Å². The molecule has 1 aromatic carbocycles. The van der Waals surface area contributed by atoms with Gasteiger partial charge in [0.1, 0.15) is 5.82 Å². The topological polar surface area (TPSA) is 105 Å². The van der Waals surface area contributed by atoms with Crippen LogP contribution in [0.4, 0.5) is 4.39 Å². The van der Waals surface area contributed by atoms with Crippen LogP contribution in [-0.2, 0) is 28.4 Å². The number of benzene rings is 1. The van der Waals surface area contributed by atoms with Gasteiger partial charge in [-0.3, -0.25) is 4.79 Å². The van der Waals surface area contributed by atoms with E-state index in [0.717, 1.165) is 15.2 Å². The average Bonchev–Trinajstić information content (AvgIpc) is 2.92. The summed E-state index contributed by atoms with van der Waals surface area (Å²) < 4.78 is 40.4. The van der Waals surface area contributed by atoms with Crippen molar-refractivity contribution in [3.8, 4) is 0 Å². The van der Waals surface area contributed by atoms with Gasteiger partial charge in [-0.25, -0.2) is 17.5 Å². The van der Waals surface area contributed by atoms with Gasteiger partial charge < -0.3 is 5.11 Å². The Balaban J connectivity index is 2.31. The molecule has 8 nitrogen and oxygen atoms in total. The number of carboxylic acid groups (broad SMARTS) is 1. The van der Waals surface area contributed by atoms with Crippen molar-refractivity contribution in [1.82, 2.24) is 19.3 Å². The highest BCUT2D eigenvalue weighted by Crippen LogP contribution is 2.17. The minimum atomic E-state index is -3.98. The molecule has 0 aliphatic rings. The summed E-state index contributed by atoms with van der Waals surface area (Å²) in [5.74, 6) is -1.56. The van der Waals surface area contributed by atoms with Gasteiger partial charge in [-0.1, -0.05) is 17.3 Å². The largest absolute Gasteiger partial charge is 0.481 e. The fourth-order valence-corrected chi connectivity index (χ4v) is 3.41. The minimum absolute atomic E-state index is 0.0823. The van der Waals surface area contributed by atoms with E-state index in [1.165, 1.54) is 31.3 Å². The standard InChI is InChI=1S/C13H15FN4O4S/c1-17-12(8-15-16-17)23(21,22)18(7-6-13(19)20)9-10-2-4-11(14)5-3-10/h2-5,8H,6-7,9H2,1H3,(H,19,20). The molecule has 0 bridgehead atoms. The molecular weight excluding hydrogens is 327 g/mol. The second kappa shape index (κ2) is 6.84. The number of nitrogens with zero attached hydrogens (tertiary/aromatic N) is 4. The van der Waals surface area contributed by atoms with E-state index in [0.29, 0.717) is 5.56 Å². The molecule has 0 amide bonds. The predicted molar refractivity (Wildman–Crippen MR) is 77.3 cm³/mol. The van der Waals surface area contributed by atoms with Crippen molar-refractivity contribution < 1.29 is 22.7 Å². The van der Waals surface area contributed by atoms with E-state index in [-0.39, 0.29) is 24.5 Å². The first-order valence-electron chi connectivity index (χ1n) is 6.62. The van der Waals surface area contributed by atoms with Crippen molar-refractivity contribution >= 4 is 16.0 Å². The smallest absolute Gasteiger partial charge is 0.304 e. The second-order valence-corrected chi connectivity index (χ2v) is 6.69. The van der Waals surface area contributed by atoms with Gasteiger partial charge in [-0.05, 0) is 17.7 Å². The average molecular weight is 342 g/mol. The van der Waals surface area contributed by atoms with Crippen LogP contribution in [0.2, 0.25) is 0 Å². The Bertz CT molecular complexity index is 789. The van der Waals surface area contributed by atoms with Crippen LogP contribution in [0.15, 0.2) is 35.5 Å². The van der Waals surface area contributed by atoms with Gasteiger partial charge in [0.05, 0.1) is 12.6 Å². The number of rotatable bonds is 7. The first kappa shape index (κ1) is 17.0. The molecule has 2 aromatic rings. The van der Waals surface area contributed by atoms with E-state index in [4.69, 9.17) is 5.11 Å². The predicted octanol–water partition coefficient (Wildman–Crippen LogP) is 0.620. The Labute approximate surface area is 132 Å². The Hall–Kier alpha value is -2.33. The lowest BCUT2D eigenvalue weighted by Crippen LogP contribution is -2.33. The van der Waals surface area contributed by atoms with Gasteiger partial charge in [-0.2, -0.15) is 4.31 Å². The third-order valence-electron chi connectivity index (χ3n) is 3.12. The fourth-order valence-electron chi connectivity index (χ4n) is 1.94. The van der Waals surface area contributed by atoms with Gasteiger partial charge in [0.15, 0.2) is 5.03 Å². The monoisotopic (exact) mass is 342 g/mol. The number of carboxylic acids is 1. The zero-order valence-corrected chi connectivity index (χ0v) is 13.1. The quantitative estimate of drug-likeness (QED) is 0.791. The van der Waals surface area contributed by atoms with Crippen molar-refractivity contribution in [3.63, 3.8) is 0 Å². The van der Waals surface area contributed by atoms with Crippen molar-refractivity contribution in [3.05, 3.63) is 41.8 Å². The molecule has 0 radical (unpaired) electrons. The zero-order valence-electron chi connectivity index (χ0n) is 12.3. The lowest BCUT2D eigenvalue weighted by Gasteiger charge is -2.21. The zero-order chi connectivity index (χ0) is 17.0. The Morgan fingerprint density at radius 2 is 2.00 bits per heavy atom. The minimum Gasteiger partial charge on any atom is -0.481 e. The van der Waals surface area contributed by atoms with Gasteiger partial charge in [0.25, 0.3) is 10.0 Å². The van der Waals surface area contributed by atoms with Crippen molar-refractivity contribution in [2.24, 2.45) is 7.05 Å². The van der Waals surface area contributed by atoms with Crippen LogP contribution in [0.25, 0.3) is 0 Å². The molecule has 0 spiro atoms. The van der Waals surface area contributed by atoms with Gasteiger partial charge in [-0.15, -0.1) is 5.10 Å². The SMILES string of the molecule is Cn1nncc1S(=O)(=O)N(CCC(=O)O)Cc1ccc(F)cc1. The van der Waals surface area contributed by atoms with E-state index in [2.05, 4.69) is 10.3 Å².